The van der Waals surface area contributed by atoms with Crippen LogP contribution in [-0.2, 0) is 14.3 Å². The smallest absolute Gasteiger partial charge is 0.330 e. The number of para-hydroxylation sites is 1. The molecule has 1 rings (SSSR count). The predicted octanol–water partition coefficient (Wildman–Crippen LogP) is 1.57. The van der Waals surface area contributed by atoms with Gasteiger partial charge in [0.15, 0.2) is 0 Å². The molecule has 0 aliphatic rings. The lowest BCUT2D eigenvalue weighted by molar-refractivity contribution is -0.144. The number of carbonyl (C=O) groups is 2. The molecule has 0 saturated carbocycles. The molecule has 1 atom stereocenters. The van der Waals surface area contributed by atoms with E-state index in [0.717, 1.165) is 0 Å². The summed E-state index contributed by atoms with van der Waals surface area (Å²) in [5, 5.41) is 5.26. The summed E-state index contributed by atoms with van der Waals surface area (Å²) in [6, 6.07) is 3.30. The highest BCUT2D eigenvalue weighted by molar-refractivity contribution is 6.33. The van der Waals surface area contributed by atoms with Gasteiger partial charge in [-0.05, 0) is 12.1 Å². The van der Waals surface area contributed by atoms with E-state index in [4.69, 9.17) is 11.6 Å². The van der Waals surface area contributed by atoms with Crippen LogP contribution in [0, 0.1) is 5.82 Å². The molecule has 104 valence electrons. The number of anilines is 1. The number of carbonyl (C=O) groups excluding carboxylic acids is 2. The van der Waals surface area contributed by atoms with E-state index in [-0.39, 0.29) is 17.3 Å². The van der Waals surface area contributed by atoms with Crippen LogP contribution in [0.15, 0.2) is 18.2 Å². The highest BCUT2D eigenvalue weighted by Gasteiger charge is 2.20. The Kier molecular flexibility index (Phi) is 5.57. The van der Waals surface area contributed by atoms with Crippen LogP contribution in [0.25, 0.3) is 0 Å². The number of halogens is 2. The molecule has 0 radical (unpaired) electrons. The van der Waals surface area contributed by atoms with Crippen molar-refractivity contribution in [2.45, 2.75) is 13.0 Å². The van der Waals surface area contributed by atoms with Gasteiger partial charge in [0.05, 0.1) is 17.8 Å². The van der Waals surface area contributed by atoms with Crippen molar-refractivity contribution in [3.05, 3.63) is 29.0 Å². The van der Waals surface area contributed by atoms with Crippen LogP contribution in [-0.4, -0.2) is 31.6 Å². The summed E-state index contributed by atoms with van der Waals surface area (Å²) in [5.74, 6) is -1.56. The second kappa shape index (κ2) is 6.94. The van der Waals surface area contributed by atoms with Crippen molar-refractivity contribution in [2.75, 3.05) is 19.0 Å². The number of methoxy groups -OCH3 is 1. The zero-order chi connectivity index (χ0) is 14.4. The molecule has 0 fully saturated rings. The van der Waals surface area contributed by atoms with Crippen molar-refractivity contribution in [1.82, 2.24) is 5.32 Å². The third-order valence-corrected chi connectivity index (χ3v) is 2.62. The minimum atomic E-state index is -0.918. The highest BCUT2D eigenvalue weighted by Crippen LogP contribution is 2.24. The molecule has 1 amide bonds. The normalized spacial score (nSPS) is 11.6. The van der Waals surface area contributed by atoms with Crippen LogP contribution in [0.3, 0.4) is 0 Å². The zero-order valence-corrected chi connectivity index (χ0v) is 11.3. The molecule has 0 aromatic heterocycles. The van der Waals surface area contributed by atoms with Gasteiger partial charge in [0, 0.05) is 13.5 Å². The van der Waals surface area contributed by atoms with Crippen molar-refractivity contribution in [1.29, 1.82) is 0 Å². The van der Waals surface area contributed by atoms with Gasteiger partial charge in [0.25, 0.3) is 0 Å². The second-order valence-electron chi connectivity index (χ2n) is 3.75. The summed E-state index contributed by atoms with van der Waals surface area (Å²) in [6.45, 7) is 1.24. The fourth-order valence-corrected chi connectivity index (χ4v) is 1.68. The van der Waals surface area contributed by atoms with E-state index >= 15 is 0 Å². The third kappa shape index (κ3) is 4.40. The predicted molar refractivity (Wildman–Crippen MR) is 69.5 cm³/mol. The largest absolute Gasteiger partial charge is 0.467 e. The van der Waals surface area contributed by atoms with E-state index in [0.29, 0.717) is 0 Å². The Morgan fingerprint density at radius 1 is 1.47 bits per heavy atom. The van der Waals surface area contributed by atoms with E-state index < -0.39 is 23.7 Å². The SMILES string of the molecule is COC(=O)C(CNc1c(F)cccc1Cl)NC(C)=O. The zero-order valence-electron chi connectivity index (χ0n) is 10.5. The lowest BCUT2D eigenvalue weighted by Gasteiger charge is -2.17. The van der Waals surface area contributed by atoms with Crippen molar-refractivity contribution in [3.63, 3.8) is 0 Å². The van der Waals surface area contributed by atoms with E-state index in [2.05, 4.69) is 15.4 Å². The Bertz CT molecular complexity index is 462. The van der Waals surface area contributed by atoms with Gasteiger partial charge >= 0.3 is 5.97 Å². The standard InChI is InChI=1S/C12H14ClFN2O3/c1-7(17)16-10(12(18)19-2)6-15-11-8(13)4-3-5-9(11)14/h3-5,10,15H,6H2,1-2H3,(H,16,17). The molecule has 5 nitrogen and oxygen atoms in total. The molecule has 7 heteroatoms. The molecule has 0 spiro atoms. The Morgan fingerprint density at radius 2 is 2.16 bits per heavy atom. The van der Waals surface area contributed by atoms with Gasteiger partial charge < -0.3 is 15.4 Å². The van der Waals surface area contributed by atoms with E-state index in [9.17, 15) is 14.0 Å². The van der Waals surface area contributed by atoms with Crippen LogP contribution in [0.5, 0.6) is 0 Å². The summed E-state index contributed by atoms with van der Waals surface area (Å²) in [7, 11) is 1.20. The molecule has 0 aliphatic heterocycles. The van der Waals surface area contributed by atoms with Crippen LogP contribution >= 0.6 is 11.6 Å². The molecule has 0 saturated heterocycles. The van der Waals surface area contributed by atoms with Crippen molar-refractivity contribution >= 4 is 29.2 Å². The van der Waals surface area contributed by atoms with E-state index in [1.165, 1.54) is 32.2 Å². The Hall–Kier alpha value is -1.82. The maximum Gasteiger partial charge on any atom is 0.330 e. The molecule has 1 unspecified atom stereocenters. The monoisotopic (exact) mass is 288 g/mol. The van der Waals surface area contributed by atoms with E-state index in [1.54, 1.807) is 0 Å². The van der Waals surface area contributed by atoms with Gasteiger partial charge in [-0.1, -0.05) is 17.7 Å². The maximum absolute atomic E-state index is 13.5. The van der Waals surface area contributed by atoms with Gasteiger partial charge in [-0.25, -0.2) is 9.18 Å². The quantitative estimate of drug-likeness (QED) is 0.807. The van der Waals surface area contributed by atoms with Crippen molar-refractivity contribution in [3.8, 4) is 0 Å². The van der Waals surface area contributed by atoms with Gasteiger partial charge in [-0.2, -0.15) is 0 Å². The molecule has 0 heterocycles. The highest BCUT2D eigenvalue weighted by atomic mass is 35.5. The first-order valence-corrected chi connectivity index (χ1v) is 5.86. The van der Waals surface area contributed by atoms with Crippen LogP contribution in [0.4, 0.5) is 10.1 Å². The fraction of sp³-hybridized carbons (Fsp3) is 0.333. The number of benzene rings is 1. The van der Waals surface area contributed by atoms with Gasteiger partial charge in [-0.3, -0.25) is 4.79 Å². The number of ether oxygens (including phenoxy) is 1. The minimum absolute atomic E-state index is 0.0348. The minimum Gasteiger partial charge on any atom is -0.467 e. The van der Waals surface area contributed by atoms with Gasteiger partial charge in [-0.15, -0.1) is 0 Å². The lowest BCUT2D eigenvalue weighted by Crippen LogP contribution is -2.45. The topological polar surface area (TPSA) is 67.4 Å². The summed E-state index contributed by atoms with van der Waals surface area (Å²) in [5.41, 5.74) is 0.0726. The average Bonchev–Trinajstić information content (AvgIpc) is 2.35. The first kappa shape index (κ1) is 15.2. The summed E-state index contributed by atoms with van der Waals surface area (Å²) < 4.78 is 18.0. The molecule has 0 aliphatic carbocycles. The molecule has 0 bridgehead atoms. The van der Waals surface area contributed by atoms with Crippen LogP contribution < -0.4 is 10.6 Å². The number of amides is 1. The molecular formula is C12H14ClFN2O3. The molecule has 19 heavy (non-hydrogen) atoms. The fourth-order valence-electron chi connectivity index (χ4n) is 1.45. The Morgan fingerprint density at radius 3 is 2.68 bits per heavy atom. The molecule has 2 N–H and O–H groups in total. The molecular weight excluding hydrogens is 275 g/mol. The summed E-state index contributed by atoms with van der Waals surface area (Å²) in [4.78, 5) is 22.4. The third-order valence-electron chi connectivity index (χ3n) is 2.31. The van der Waals surface area contributed by atoms with Gasteiger partial charge in [0.2, 0.25) is 5.91 Å². The van der Waals surface area contributed by atoms with E-state index in [1.807, 2.05) is 0 Å². The number of nitrogens with one attached hydrogen (secondary N) is 2. The number of hydrogen-bond donors (Lipinski definition) is 2. The van der Waals surface area contributed by atoms with Gasteiger partial charge in [0.1, 0.15) is 11.9 Å². The number of esters is 1. The average molecular weight is 289 g/mol. The summed E-state index contributed by atoms with van der Waals surface area (Å²) >= 11 is 5.83. The van der Waals surface area contributed by atoms with Crippen molar-refractivity contribution in [2.24, 2.45) is 0 Å². The first-order valence-electron chi connectivity index (χ1n) is 5.48. The number of hydrogen-bond acceptors (Lipinski definition) is 4. The second-order valence-corrected chi connectivity index (χ2v) is 4.16. The summed E-state index contributed by atoms with van der Waals surface area (Å²) in [6.07, 6.45) is 0. The Labute approximate surface area is 115 Å². The number of rotatable bonds is 5. The molecule has 1 aromatic rings. The van der Waals surface area contributed by atoms with Crippen LogP contribution in [0.2, 0.25) is 5.02 Å². The first-order chi connectivity index (χ1) is 8.95. The lowest BCUT2D eigenvalue weighted by atomic mass is 10.2. The molecule has 1 aromatic carbocycles. The van der Waals surface area contributed by atoms with Crippen molar-refractivity contribution < 1.29 is 18.7 Å². The Balaban J connectivity index is 2.76. The van der Waals surface area contributed by atoms with Crippen LogP contribution in [0.1, 0.15) is 6.92 Å². The maximum atomic E-state index is 13.5.